The molecule has 2 aromatic heterocycles. The van der Waals surface area contributed by atoms with E-state index in [2.05, 4.69) is 15.5 Å². The Bertz CT molecular complexity index is 949. The molecule has 1 N–H and O–H groups in total. The summed E-state index contributed by atoms with van der Waals surface area (Å²) >= 11 is 0.931. The van der Waals surface area contributed by atoms with Crippen molar-refractivity contribution < 1.29 is 18.0 Å². The number of anilines is 1. The van der Waals surface area contributed by atoms with Crippen molar-refractivity contribution in [3.63, 3.8) is 0 Å². The number of nitrogens with one attached hydrogen (secondary N) is 1. The number of alkyl halides is 3. The van der Waals surface area contributed by atoms with Crippen LogP contribution in [0.3, 0.4) is 0 Å². The van der Waals surface area contributed by atoms with Gasteiger partial charge in [0, 0.05) is 5.39 Å². The van der Waals surface area contributed by atoms with Gasteiger partial charge in [0.2, 0.25) is 14.9 Å². The number of fused-ring (bicyclic) bond motifs is 1. The second-order valence-corrected chi connectivity index (χ2v) is 6.34. The first-order valence-corrected chi connectivity index (χ1v) is 7.73. The Morgan fingerprint density at radius 2 is 1.87 bits per heavy atom. The second-order valence-electron chi connectivity index (χ2n) is 4.35. The summed E-state index contributed by atoms with van der Waals surface area (Å²) in [7, 11) is 0. The zero-order valence-corrected chi connectivity index (χ0v) is 12.7. The predicted molar refractivity (Wildman–Crippen MR) is 81.0 cm³/mol. The number of hydrogen-bond acceptors (Lipinski definition) is 6. The predicted octanol–water partition coefficient (Wildman–Crippen LogP) is 3.38. The van der Waals surface area contributed by atoms with Crippen LogP contribution >= 0.6 is 22.7 Å². The summed E-state index contributed by atoms with van der Waals surface area (Å²) in [6.07, 6.45) is -4.62. The van der Waals surface area contributed by atoms with E-state index in [1.165, 1.54) is 6.07 Å². The monoisotopic (exact) mass is 357 g/mol. The SMILES string of the molecule is O=C(Nc1nnc(C(F)(F)F)s1)c1cc2ccccc2c(=O)s1. The third-order valence-electron chi connectivity index (χ3n) is 2.78. The molecule has 0 spiro atoms. The van der Waals surface area contributed by atoms with Crippen LogP contribution in [0.4, 0.5) is 18.3 Å². The van der Waals surface area contributed by atoms with Crippen LogP contribution in [0.25, 0.3) is 10.8 Å². The van der Waals surface area contributed by atoms with Crippen molar-refractivity contribution in [3.05, 3.63) is 49.8 Å². The first kappa shape index (κ1) is 15.6. The van der Waals surface area contributed by atoms with Crippen molar-refractivity contribution in [1.82, 2.24) is 10.2 Å². The van der Waals surface area contributed by atoms with Crippen LogP contribution in [0.1, 0.15) is 14.7 Å². The molecule has 10 heteroatoms. The fourth-order valence-electron chi connectivity index (χ4n) is 1.79. The molecule has 0 bridgehead atoms. The van der Waals surface area contributed by atoms with E-state index in [0.717, 1.165) is 0 Å². The molecule has 0 fully saturated rings. The zero-order chi connectivity index (χ0) is 16.6. The molecule has 0 saturated carbocycles. The normalized spacial score (nSPS) is 11.6. The van der Waals surface area contributed by atoms with Gasteiger partial charge >= 0.3 is 6.18 Å². The van der Waals surface area contributed by atoms with Gasteiger partial charge in [0.05, 0.1) is 4.88 Å². The summed E-state index contributed by atoms with van der Waals surface area (Å²) in [4.78, 5) is 24.1. The standard InChI is InChI=1S/C13H6F3N3O2S2/c14-13(15,16)11-18-19-12(23-11)17-9(20)8-5-6-3-1-2-4-7(6)10(21)22-8/h1-5H,(H,17,19,20). The number of carbonyl (C=O) groups is 1. The van der Waals surface area contributed by atoms with Crippen LogP contribution in [0.2, 0.25) is 0 Å². The maximum atomic E-state index is 12.4. The molecular formula is C13H6F3N3O2S2. The van der Waals surface area contributed by atoms with Crippen LogP contribution in [0.5, 0.6) is 0 Å². The highest BCUT2D eigenvalue weighted by molar-refractivity contribution is 7.15. The van der Waals surface area contributed by atoms with Gasteiger partial charge in [0.15, 0.2) is 0 Å². The summed E-state index contributed by atoms with van der Waals surface area (Å²) in [6, 6.07) is 8.23. The molecular weight excluding hydrogens is 351 g/mol. The Balaban J connectivity index is 1.89. The Labute approximate surface area is 134 Å². The fraction of sp³-hybridized carbons (Fsp3) is 0.0769. The summed E-state index contributed by atoms with van der Waals surface area (Å²) < 4.78 is 37.0. The van der Waals surface area contributed by atoms with Crippen molar-refractivity contribution in [2.24, 2.45) is 0 Å². The lowest BCUT2D eigenvalue weighted by Gasteiger charge is -2.02. The molecule has 118 valence electrons. The second kappa shape index (κ2) is 5.70. The Morgan fingerprint density at radius 1 is 1.13 bits per heavy atom. The zero-order valence-electron chi connectivity index (χ0n) is 11.0. The average molecular weight is 357 g/mol. The molecule has 0 atom stereocenters. The van der Waals surface area contributed by atoms with E-state index in [9.17, 15) is 22.8 Å². The van der Waals surface area contributed by atoms with Crippen LogP contribution in [-0.4, -0.2) is 16.1 Å². The molecule has 0 unspecified atom stereocenters. The Kier molecular flexibility index (Phi) is 3.86. The van der Waals surface area contributed by atoms with E-state index in [4.69, 9.17) is 0 Å². The quantitative estimate of drug-likeness (QED) is 0.763. The van der Waals surface area contributed by atoms with E-state index in [0.29, 0.717) is 22.1 Å². The summed E-state index contributed by atoms with van der Waals surface area (Å²) in [5.41, 5.74) is 0. The molecule has 5 nitrogen and oxygen atoms in total. The maximum Gasteiger partial charge on any atom is 0.445 e. The van der Waals surface area contributed by atoms with Crippen molar-refractivity contribution >= 4 is 44.5 Å². The maximum absolute atomic E-state index is 12.4. The molecule has 0 saturated heterocycles. The molecule has 0 aliphatic heterocycles. The van der Waals surface area contributed by atoms with E-state index < -0.39 is 17.1 Å². The molecule has 3 aromatic rings. The molecule has 1 amide bonds. The third kappa shape index (κ3) is 3.22. The first-order chi connectivity index (χ1) is 10.8. The lowest BCUT2D eigenvalue weighted by Crippen LogP contribution is -2.12. The number of nitrogens with zero attached hydrogens (tertiary/aromatic N) is 2. The summed E-state index contributed by atoms with van der Waals surface area (Å²) in [5.74, 6) is -0.706. The van der Waals surface area contributed by atoms with Crippen molar-refractivity contribution in [1.29, 1.82) is 0 Å². The summed E-state index contributed by atoms with van der Waals surface area (Å²) in [6.45, 7) is 0. The van der Waals surface area contributed by atoms with Gasteiger partial charge in [-0.25, -0.2) is 0 Å². The van der Waals surface area contributed by atoms with E-state index in [1.54, 1.807) is 24.3 Å². The lowest BCUT2D eigenvalue weighted by molar-refractivity contribution is -0.138. The molecule has 23 heavy (non-hydrogen) atoms. The number of hydrogen-bond donors (Lipinski definition) is 1. The highest BCUT2D eigenvalue weighted by atomic mass is 32.1. The van der Waals surface area contributed by atoms with Gasteiger partial charge in [-0.15, -0.1) is 10.2 Å². The van der Waals surface area contributed by atoms with Gasteiger partial charge < -0.3 is 0 Å². The van der Waals surface area contributed by atoms with E-state index >= 15 is 0 Å². The smallest absolute Gasteiger partial charge is 0.296 e. The lowest BCUT2D eigenvalue weighted by atomic mass is 10.2. The van der Waals surface area contributed by atoms with Crippen LogP contribution < -0.4 is 10.1 Å². The van der Waals surface area contributed by atoms with Gasteiger partial charge in [0.1, 0.15) is 0 Å². The van der Waals surface area contributed by atoms with Crippen LogP contribution in [0.15, 0.2) is 35.1 Å². The number of aromatic nitrogens is 2. The minimum absolute atomic E-state index is 0.0810. The molecule has 1 aromatic carbocycles. The van der Waals surface area contributed by atoms with Crippen molar-refractivity contribution in [3.8, 4) is 0 Å². The van der Waals surface area contributed by atoms with Gasteiger partial charge in [-0.1, -0.05) is 40.9 Å². The van der Waals surface area contributed by atoms with Gasteiger partial charge in [-0.05, 0) is 17.5 Å². The molecule has 0 aliphatic carbocycles. The van der Waals surface area contributed by atoms with Crippen molar-refractivity contribution in [2.75, 3.05) is 5.32 Å². The van der Waals surface area contributed by atoms with Gasteiger partial charge in [-0.3, -0.25) is 14.9 Å². The minimum atomic E-state index is -4.62. The molecule has 3 rings (SSSR count). The van der Waals surface area contributed by atoms with Crippen molar-refractivity contribution in [2.45, 2.75) is 6.18 Å². The first-order valence-electron chi connectivity index (χ1n) is 6.09. The Hall–Kier alpha value is -2.33. The molecule has 2 heterocycles. The van der Waals surface area contributed by atoms with E-state index in [1.807, 2.05) is 0 Å². The van der Waals surface area contributed by atoms with Crippen LogP contribution in [-0.2, 0) is 6.18 Å². The highest BCUT2D eigenvalue weighted by Crippen LogP contribution is 2.33. The molecule has 0 aliphatic rings. The largest absolute Gasteiger partial charge is 0.445 e. The number of benzene rings is 1. The number of halogens is 3. The number of amides is 1. The topological polar surface area (TPSA) is 72.0 Å². The van der Waals surface area contributed by atoms with Gasteiger partial charge in [0.25, 0.3) is 5.91 Å². The summed E-state index contributed by atoms with van der Waals surface area (Å²) in [5, 5.41) is 8.09. The van der Waals surface area contributed by atoms with Gasteiger partial charge in [-0.2, -0.15) is 13.2 Å². The fourth-order valence-corrected chi connectivity index (χ4v) is 3.22. The van der Waals surface area contributed by atoms with Crippen LogP contribution in [0, 0.1) is 0 Å². The van der Waals surface area contributed by atoms with E-state index in [-0.39, 0.29) is 26.1 Å². The molecule has 0 radical (unpaired) electrons. The third-order valence-corrected chi connectivity index (χ3v) is 4.59. The number of rotatable bonds is 2. The Morgan fingerprint density at radius 3 is 2.57 bits per heavy atom. The highest BCUT2D eigenvalue weighted by Gasteiger charge is 2.35. The average Bonchev–Trinajstić information content (AvgIpc) is 2.96. The number of carbonyl (C=O) groups excluding carboxylic acids is 1. The minimum Gasteiger partial charge on any atom is -0.296 e.